The molecule has 1 fully saturated rings. The monoisotopic (exact) mass is 471 g/mol. The Labute approximate surface area is 194 Å². The second-order valence-electron chi connectivity index (χ2n) is 8.43. The molecule has 0 bridgehead atoms. The second kappa shape index (κ2) is 9.69. The Bertz CT molecular complexity index is 1220. The summed E-state index contributed by atoms with van der Waals surface area (Å²) in [6, 6.07) is 8.15. The lowest BCUT2D eigenvalue weighted by Gasteiger charge is -2.33. The zero-order valence-corrected chi connectivity index (χ0v) is 18.5. The third-order valence-electron chi connectivity index (χ3n) is 5.98. The average molecular weight is 471 g/mol. The molecule has 0 radical (unpaired) electrons. The van der Waals surface area contributed by atoms with E-state index in [-0.39, 0.29) is 11.7 Å². The molecule has 8 nitrogen and oxygen atoms in total. The normalized spacial score (nSPS) is 15.3. The topological polar surface area (TPSA) is 110 Å². The van der Waals surface area contributed by atoms with E-state index in [2.05, 4.69) is 49.5 Å². The van der Waals surface area contributed by atoms with Gasteiger partial charge in [-0.1, -0.05) is 6.07 Å². The Morgan fingerprint density at radius 3 is 2.79 bits per heavy atom. The van der Waals surface area contributed by atoms with E-state index in [1.165, 1.54) is 18.1 Å². The minimum atomic E-state index is -4.58. The number of H-pyrrole nitrogens is 1. The minimum Gasteiger partial charge on any atom is -0.365 e. The molecule has 0 aliphatic carbocycles. The van der Waals surface area contributed by atoms with Crippen LogP contribution in [0.5, 0.6) is 0 Å². The van der Waals surface area contributed by atoms with Gasteiger partial charge in [-0.15, -0.1) is 0 Å². The van der Waals surface area contributed by atoms with Crippen LogP contribution in [0, 0.1) is 18.3 Å². The van der Waals surface area contributed by atoms with Gasteiger partial charge in [-0.25, -0.2) is 9.97 Å². The first kappa shape index (κ1) is 23.5. The highest BCUT2D eigenvalue weighted by Crippen LogP contribution is 2.27. The summed E-state index contributed by atoms with van der Waals surface area (Å²) in [5.74, 6) is -0.845. The van der Waals surface area contributed by atoms with Crippen LogP contribution in [0.15, 0.2) is 30.7 Å². The van der Waals surface area contributed by atoms with Crippen molar-refractivity contribution in [1.82, 2.24) is 19.9 Å². The number of nitrogens with zero attached hydrogens (tertiary/aromatic N) is 4. The zero-order chi connectivity index (χ0) is 24.3. The number of hydrogen-bond acceptors (Lipinski definition) is 6. The number of nitriles is 1. The zero-order valence-electron chi connectivity index (χ0n) is 18.5. The summed E-state index contributed by atoms with van der Waals surface area (Å²) in [6.45, 7) is 4.50. The van der Waals surface area contributed by atoms with Gasteiger partial charge in [0, 0.05) is 36.6 Å². The molecule has 0 spiro atoms. The fourth-order valence-corrected chi connectivity index (χ4v) is 4.21. The van der Waals surface area contributed by atoms with Gasteiger partial charge in [-0.2, -0.15) is 18.4 Å². The Morgan fingerprint density at radius 1 is 1.32 bits per heavy atom. The van der Waals surface area contributed by atoms with Gasteiger partial charge in [0.2, 0.25) is 5.91 Å². The van der Waals surface area contributed by atoms with Crippen molar-refractivity contribution in [2.75, 3.05) is 23.7 Å². The van der Waals surface area contributed by atoms with E-state index >= 15 is 0 Å². The fourth-order valence-electron chi connectivity index (χ4n) is 4.21. The molecule has 1 amide bonds. The number of fused-ring (bicyclic) bond motifs is 1. The van der Waals surface area contributed by atoms with Crippen LogP contribution in [0.25, 0.3) is 10.9 Å². The average Bonchev–Trinajstić information content (AvgIpc) is 3.21. The first-order chi connectivity index (χ1) is 16.2. The van der Waals surface area contributed by atoms with Crippen molar-refractivity contribution in [3.05, 3.63) is 47.5 Å². The molecule has 3 N–H and O–H groups in total. The number of halogens is 3. The van der Waals surface area contributed by atoms with Gasteiger partial charge in [-0.3, -0.25) is 9.69 Å². The molecule has 1 aliphatic rings. The number of aromatic nitrogens is 3. The van der Waals surface area contributed by atoms with Crippen molar-refractivity contribution in [1.29, 1.82) is 5.26 Å². The standard InChI is InChI=1S/C23H24F3N7O/c1-14-15(2-3-19-18(14)8-17(10-27)30-19)12-33-6-4-16(5-7-33)31-22-20(11-28-13-29-22)32-21(34)9-23(24,25)26/h2-3,8,11,13,16,30H,4-7,9,12H2,1H3,(H,32,34)(H,28,29,31). The van der Waals surface area contributed by atoms with Crippen LogP contribution in [0.2, 0.25) is 0 Å². The molecule has 178 valence electrons. The second-order valence-corrected chi connectivity index (χ2v) is 8.43. The van der Waals surface area contributed by atoms with Crippen LogP contribution in [0.3, 0.4) is 0 Å². The van der Waals surface area contributed by atoms with Crippen molar-refractivity contribution in [2.45, 2.75) is 44.9 Å². The van der Waals surface area contributed by atoms with E-state index in [4.69, 9.17) is 5.26 Å². The molecule has 0 atom stereocenters. The molecule has 11 heteroatoms. The predicted octanol–water partition coefficient (Wildman–Crippen LogP) is 4.11. The third kappa shape index (κ3) is 5.63. The number of anilines is 2. The lowest BCUT2D eigenvalue weighted by Crippen LogP contribution is -2.39. The van der Waals surface area contributed by atoms with E-state index in [0.29, 0.717) is 11.5 Å². The molecule has 4 rings (SSSR count). The van der Waals surface area contributed by atoms with Crippen molar-refractivity contribution in [3.63, 3.8) is 0 Å². The maximum absolute atomic E-state index is 12.5. The SMILES string of the molecule is Cc1c(CN2CCC(Nc3ncncc3NC(=O)CC(F)(F)F)CC2)ccc2[nH]c(C#N)cc12. The summed E-state index contributed by atoms with van der Waals surface area (Å²) in [5, 5.41) is 15.7. The molecule has 3 heterocycles. The molecule has 3 aromatic rings. The third-order valence-corrected chi connectivity index (χ3v) is 5.98. The molecule has 0 unspecified atom stereocenters. The number of hydrogen-bond donors (Lipinski definition) is 3. The number of nitrogens with one attached hydrogen (secondary N) is 3. The van der Waals surface area contributed by atoms with Crippen molar-refractivity contribution in [3.8, 4) is 6.07 Å². The van der Waals surface area contributed by atoms with E-state index in [9.17, 15) is 18.0 Å². The Balaban J connectivity index is 1.34. The summed E-state index contributed by atoms with van der Waals surface area (Å²) in [6.07, 6.45) is -1.95. The van der Waals surface area contributed by atoms with Gasteiger partial charge in [0.25, 0.3) is 0 Å². The lowest BCUT2D eigenvalue weighted by atomic mass is 10.0. The van der Waals surface area contributed by atoms with Crippen molar-refractivity contribution >= 4 is 28.3 Å². The first-order valence-electron chi connectivity index (χ1n) is 10.9. The van der Waals surface area contributed by atoms with Crippen molar-refractivity contribution < 1.29 is 18.0 Å². The summed E-state index contributed by atoms with van der Waals surface area (Å²) in [5.41, 5.74) is 3.97. The van der Waals surface area contributed by atoms with E-state index in [0.717, 1.165) is 48.9 Å². The lowest BCUT2D eigenvalue weighted by molar-refractivity contribution is -0.150. The van der Waals surface area contributed by atoms with Crippen LogP contribution in [-0.4, -0.2) is 51.1 Å². The van der Waals surface area contributed by atoms with E-state index in [1.807, 2.05) is 12.1 Å². The molecule has 34 heavy (non-hydrogen) atoms. The minimum absolute atomic E-state index is 0.0656. The molecular weight excluding hydrogens is 447 g/mol. The maximum Gasteiger partial charge on any atom is 0.397 e. The summed E-state index contributed by atoms with van der Waals surface area (Å²) >= 11 is 0. The number of carbonyl (C=O) groups excluding carboxylic acids is 1. The predicted molar refractivity (Wildman–Crippen MR) is 121 cm³/mol. The Morgan fingerprint density at radius 2 is 2.09 bits per heavy atom. The largest absolute Gasteiger partial charge is 0.397 e. The summed E-state index contributed by atoms with van der Waals surface area (Å²) < 4.78 is 37.4. The van der Waals surface area contributed by atoms with Gasteiger partial charge in [0.15, 0.2) is 5.82 Å². The summed E-state index contributed by atoms with van der Waals surface area (Å²) in [7, 11) is 0. The number of aryl methyl sites for hydroxylation is 1. The van der Waals surface area contributed by atoms with Gasteiger partial charge >= 0.3 is 6.18 Å². The number of piperidine rings is 1. The van der Waals surface area contributed by atoms with Gasteiger partial charge in [0.1, 0.15) is 30.2 Å². The smallest absolute Gasteiger partial charge is 0.365 e. The molecule has 2 aromatic heterocycles. The van der Waals surface area contributed by atoms with Crippen LogP contribution in [-0.2, 0) is 11.3 Å². The van der Waals surface area contributed by atoms with Gasteiger partial charge in [-0.05, 0) is 43.0 Å². The van der Waals surface area contributed by atoms with Gasteiger partial charge < -0.3 is 15.6 Å². The highest BCUT2D eigenvalue weighted by atomic mass is 19.4. The number of aromatic amines is 1. The fraction of sp³-hybridized carbons (Fsp3) is 0.391. The Hall–Kier alpha value is -3.65. The molecule has 1 saturated heterocycles. The van der Waals surface area contributed by atoms with Crippen LogP contribution < -0.4 is 10.6 Å². The van der Waals surface area contributed by atoms with Gasteiger partial charge in [0.05, 0.1) is 6.20 Å². The number of amides is 1. The van der Waals surface area contributed by atoms with Crippen molar-refractivity contribution in [2.24, 2.45) is 0 Å². The molecule has 1 aliphatic heterocycles. The van der Waals surface area contributed by atoms with Crippen LogP contribution >= 0.6 is 0 Å². The molecule has 0 saturated carbocycles. The molecule has 1 aromatic carbocycles. The maximum atomic E-state index is 12.5. The first-order valence-corrected chi connectivity index (χ1v) is 10.9. The quantitative estimate of drug-likeness (QED) is 0.499. The summed E-state index contributed by atoms with van der Waals surface area (Å²) in [4.78, 5) is 25.0. The number of benzene rings is 1. The Kier molecular flexibility index (Phi) is 6.70. The number of rotatable bonds is 6. The highest BCUT2D eigenvalue weighted by Gasteiger charge is 2.31. The molecular formula is C23H24F3N7O. The number of carbonyl (C=O) groups is 1. The number of likely N-dealkylation sites (tertiary alicyclic amines) is 1. The van der Waals surface area contributed by atoms with E-state index < -0.39 is 18.5 Å². The van der Waals surface area contributed by atoms with Crippen LogP contribution in [0.4, 0.5) is 24.7 Å². The number of alkyl halides is 3. The highest BCUT2D eigenvalue weighted by molar-refractivity contribution is 5.93. The van der Waals surface area contributed by atoms with Crippen LogP contribution in [0.1, 0.15) is 36.1 Å². The van der Waals surface area contributed by atoms with E-state index in [1.54, 1.807) is 0 Å².